The topological polar surface area (TPSA) is 102 Å². The Morgan fingerprint density at radius 2 is 1.95 bits per heavy atom. The molecule has 0 atom stereocenters. The zero-order valence-electron chi connectivity index (χ0n) is 11.2. The Hall–Kier alpha value is -2.48. The lowest BCUT2D eigenvalue weighted by molar-refractivity contribution is -0.385. The molecule has 0 saturated carbocycles. The van der Waals surface area contributed by atoms with Gasteiger partial charge in [0.1, 0.15) is 11.6 Å². The highest BCUT2D eigenvalue weighted by Crippen LogP contribution is 2.20. The predicted octanol–water partition coefficient (Wildman–Crippen LogP) is 2.24. The molecule has 1 heterocycles. The zero-order valence-corrected chi connectivity index (χ0v) is 12.0. The molecule has 110 valence electrons. The molecule has 0 aliphatic rings. The normalized spacial score (nSPS) is 11.1. The van der Waals surface area contributed by atoms with Crippen molar-refractivity contribution in [2.45, 2.75) is 12.7 Å². The molecule has 21 heavy (non-hydrogen) atoms. The quantitative estimate of drug-likeness (QED) is 0.674. The highest BCUT2D eigenvalue weighted by Gasteiger charge is 2.19. The van der Waals surface area contributed by atoms with Gasteiger partial charge in [-0.3, -0.25) is 14.8 Å². The number of hydrogen-bond donors (Lipinski definition) is 1. The van der Waals surface area contributed by atoms with Crippen molar-refractivity contribution in [2.75, 3.05) is 4.72 Å². The molecule has 1 aromatic heterocycles. The monoisotopic (exact) mass is 307 g/mol. The van der Waals surface area contributed by atoms with Gasteiger partial charge in [0.2, 0.25) is 10.0 Å². The smallest absolute Gasteiger partial charge is 0.267 e. The van der Waals surface area contributed by atoms with Crippen LogP contribution in [0.25, 0.3) is 0 Å². The summed E-state index contributed by atoms with van der Waals surface area (Å²) in [6, 6.07) is 8.99. The molecule has 0 amide bonds. The van der Waals surface area contributed by atoms with Crippen LogP contribution >= 0.6 is 0 Å². The number of nitrogens with one attached hydrogen (secondary N) is 1. The van der Waals surface area contributed by atoms with Crippen LogP contribution < -0.4 is 4.72 Å². The third kappa shape index (κ3) is 3.99. The van der Waals surface area contributed by atoms with Crippen LogP contribution in [-0.4, -0.2) is 18.3 Å². The molecule has 0 aliphatic heterocycles. The van der Waals surface area contributed by atoms with Gasteiger partial charge in [-0.2, -0.15) is 0 Å². The Labute approximate surface area is 121 Å². The van der Waals surface area contributed by atoms with Gasteiger partial charge in [-0.25, -0.2) is 13.4 Å². The predicted molar refractivity (Wildman–Crippen MR) is 78.3 cm³/mol. The van der Waals surface area contributed by atoms with Crippen molar-refractivity contribution in [3.05, 3.63) is 63.8 Å². The van der Waals surface area contributed by atoms with E-state index in [1.54, 1.807) is 12.1 Å². The summed E-state index contributed by atoms with van der Waals surface area (Å²) in [5.41, 5.74) is 0.804. The van der Waals surface area contributed by atoms with E-state index in [0.29, 0.717) is 0 Å². The van der Waals surface area contributed by atoms with Gasteiger partial charge in [0.25, 0.3) is 5.69 Å². The van der Waals surface area contributed by atoms with Gasteiger partial charge in [-0.1, -0.05) is 24.3 Å². The molecule has 0 aliphatic carbocycles. The molecule has 0 spiro atoms. The number of aryl methyl sites for hydroxylation is 1. The number of hydrogen-bond acceptors (Lipinski definition) is 5. The van der Waals surface area contributed by atoms with E-state index in [1.165, 1.54) is 30.5 Å². The van der Waals surface area contributed by atoms with Crippen LogP contribution in [0, 0.1) is 17.0 Å². The van der Waals surface area contributed by atoms with Gasteiger partial charge in [0, 0.05) is 17.8 Å². The van der Waals surface area contributed by atoms with Crippen molar-refractivity contribution in [3.8, 4) is 0 Å². The Morgan fingerprint density at radius 1 is 1.24 bits per heavy atom. The maximum atomic E-state index is 12.1. The first-order valence-electron chi connectivity index (χ1n) is 6.03. The summed E-state index contributed by atoms with van der Waals surface area (Å²) in [5, 5.41) is 10.9. The van der Waals surface area contributed by atoms with Crippen molar-refractivity contribution in [1.82, 2.24) is 4.98 Å². The van der Waals surface area contributed by atoms with Crippen LogP contribution in [0.4, 0.5) is 11.5 Å². The van der Waals surface area contributed by atoms with Crippen molar-refractivity contribution in [2.24, 2.45) is 0 Å². The highest BCUT2D eigenvalue weighted by molar-refractivity contribution is 7.91. The second-order valence-electron chi connectivity index (χ2n) is 4.47. The van der Waals surface area contributed by atoms with E-state index < -0.39 is 20.7 Å². The number of rotatable bonds is 5. The minimum absolute atomic E-state index is 0.127. The van der Waals surface area contributed by atoms with Gasteiger partial charge >= 0.3 is 0 Å². The molecule has 7 nitrogen and oxygen atoms in total. The third-order valence-corrected chi connectivity index (χ3v) is 3.92. The molecule has 0 unspecified atom stereocenters. The minimum atomic E-state index is -3.77. The summed E-state index contributed by atoms with van der Waals surface area (Å²) in [4.78, 5) is 14.2. The molecule has 1 aromatic carbocycles. The van der Waals surface area contributed by atoms with Crippen LogP contribution in [0.2, 0.25) is 0 Å². The lowest BCUT2D eigenvalue weighted by Gasteiger charge is -2.07. The second-order valence-corrected chi connectivity index (χ2v) is 6.19. The Kier molecular flexibility index (Phi) is 4.18. The maximum absolute atomic E-state index is 12.1. The number of nitro groups is 1. The van der Waals surface area contributed by atoms with Crippen LogP contribution in [0.1, 0.15) is 11.1 Å². The van der Waals surface area contributed by atoms with E-state index in [-0.39, 0.29) is 17.1 Å². The van der Waals surface area contributed by atoms with Gasteiger partial charge in [0.05, 0.1) is 4.92 Å². The van der Waals surface area contributed by atoms with Crippen LogP contribution in [-0.2, 0) is 15.8 Å². The van der Waals surface area contributed by atoms with Crippen molar-refractivity contribution < 1.29 is 13.3 Å². The van der Waals surface area contributed by atoms with Gasteiger partial charge in [-0.15, -0.1) is 0 Å². The number of nitrogens with zero attached hydrogens (tertiary/aromatic N) is 2. The Morgan fingerprint density at radius 3 is 2.57 bits per heavy atom. The van der Waals surface area contributed by atoms with Gasteiger partial charge in [0.15, 0.2) is 0 Å². The molecule has 0 bridgehead atoms. The van der Waals surface area contributed by atoms with Gasteiger partial charge in [-0.05, 0) is 18.6 Å². The van der Waals surface area contributed by atoms with Crippen molar-refractivity contribution >= 4 is 21.5 Å². The minimum Gasteiger partial charge on any atom is -0.267 e. The van der Waals surface area contributed by atoms with E-state index in [1.807, 2.05) is 6.92 Å². The fourth-order valence-corrected chi connectivity index (χ4v) is 2.90. The number of benzene rings is 1. The molecule has 2 rings (SSSR count). The summed E-state index contributed by atoms with van der Waals surface area (Å²) >= 11 is 0. The highest BCUT2D eigenvalue weighted by atomic mass is 32.2. The molecule has 0 saturated heterocycles. The summed E-state index contributed by atoms with van der Waals surface area (Å²) in [6.07, 6.45) is 1.53. The molecule has 0 radical (unpaired) electrons. The largest absolute Gasteiger partial charge is 0.273 e. The molecule has 0 fully saturated rings. The standard InChI is InChI=1S/C13H13N3O4S/c1-10-6-7-13(14-8-10)15-21(19,20)9-11-4-2-3-5-12(11)16(17)18/h2-8H,9H2,1H3,(H,14,15). The van der Waals surface area contributed by atoms with E-state index in [4.69, 9.17) is 0 Å². The molecule has 1 N–H and O–H groups in total. The molecule has 8 heteroatoms. The molecule has 2 aromatic rings. The van der Waals surface area contributed by atoms with E-state index >= 15 is 0 Å². The first-order chi connectivity index (χ1) is 9.87. The van der Waals surface area contributed by atoms with Crippen LogP contribution in [0.15, 0.2) is 42.6 Å². The summed E-state index contributed by atoms with van der Waals surface area (Å²) in [6.45, 7) is 1.83. The number of nitro benzene ring substituents is 1. The van der Waals surface area contributed by atoms with Crippen LogP contribution in [0.5, 0.6) is 0 Å². The number of aromatic nitrogens is 1. The van der Waals surface area contributed by atoms with E-state index in [0.717, 1.165) is 5.56 Å². The maximum Gasteiger partial charge on any atom is 0.273 e. The zero-order chi connectivity index (χ0) is 15.5. The second kappa shape index (κ2) is 5.88. The fourth-order valence-electron chi connectivity index (χ4n) is 1.74. The van der Waals surface area contributed by atoms with Crippen molar-refractivity contribution in [1.29, 1.82) is 0 Å². The molecular weight excluding hydrogens is 294 g/mol. The average Bonchev–Trinajstić information content (AvgIpc) is 2.41. The Bertz CT molecular complexity index is 757. The van der Waals surface area contributed by atoms with Gasteiger partial charge < -0.3 is 0 Å². The summed E-state index contributed by atoms with van der Waals surface area (Å²) in [7, 11) is -3.77. The summed E-state index contributed by atoms with van der Waals surface area (Å²) < 4.78 is 26.4. The lowest BCUT2D eigenvalue weighted by Crippen LogP contribution is -2.16. The number of sulfonamides is 1. The number of pyridine rings is 1. The average molecular weight is 307 g/mol. The lowest BCUT2D eigenvalue weighted by atomic mass is 10.2. The molecular formula is C13H13N3O4S. The van der Waals surface area contributed by atoms with Crippen LogP contribution in [0.3, 0.4) is 0 Å². The SMILES string of the molecule is Cc1ccc(NS(=O)(=O)Cc2ccccc2[N+](=O)[O-])nc1. The first kappa shape index (κ1) is 14.9. The van der Waals surface area contributed by atoms with E-state index in [2.05, 4.69) is 9.71 Å². The van der Waals surface area contributed by atoms with E-state index in [9.17, 15) is 18.5 Å². The third-order valence-electron chi connectivity index (χ3n) is 2.71. The first-order valence-corrected chi connectivity index (χ1v) is 7.68. The number of para-hydroxylation sites is 1. The Balaban J connectivity index is 2.22. The summed E-state index contributed by atoms with van der Waals surface area (Å²) in [5.74, 6) is -0.307. The number of anilines is 1. The van der Waals surface area contributed by atoms with Crippen molar-refractivity contribution in [3.63, 3.8) is 0 Å². The fraction of sp³-hybridized carbons (Fsp3) is 0.154.